The highest BCUT2D eigenvalue weighted by molar-refractivity contribution is 5.94. The van der Waals surface area contributed by atoms with Crippen LogP contribution >= 0.6 is 0 Å². The SMILES string of the molecule is N[C@@H]1CCC[C@@H]1CCCN1CCN(c2ccc(CCC(=O)O)cc2)C1=O. The van der Waals surface area contributed by atoms with Crippen LogP contribution in [0, 0.1) is 5.92 Å². The molecule has 1 saturated heterocycles. The molecule has 0 unspecified atom stereocenters. The van der Waals surface area contributed by atoms with Crippen LogP contribution in [-0.2, 0) is 11.2 Å². The Bertz CT molecular complexity index is 632. The van der Waals surface area contributed by atoms with E-state index in [1.54, 1.807) is 0 Å². The third-order valence-electron chi connectivity index (χ3n) is 5.69. The number of aliphatic carboxylic acids is 1. The highest BCUT2D eigenvalue weighted by atomic mass is 16.4. The van der Waals surface area contributed by atoms with Crippen LogP contribution in [0.1, 0.15) is 44.1 Å². The third kappa shape index (κ3) is 4.55. The van der Waals surface area contributed by atoms with Crippen molar-refractivity contribution in [2.24, 2.45) is 11.7 Å². The number of hydrogen-bond donors (Lipinski definition) is 2. The van der Waals surface area contributed by atoms with Crippen LogP contribution in [0.5, 0.6) is 0 Å². The van der Waals surface area contributed by atoms with Crippen molar-refractivity contribution in [3.8, 4) is 0 Å². The second-order valence-electron chi connectivity index (χ2n) is 7.48. The Kier molecular flexibility index (Phi) is 6.14. The first-order chi connectivity index (χ1) is 12.5. The lowest BCUT2D eigenvalue weighted by Gasteiger charge is -2.20. The first-order valence-corrected chi connectivity index (χ1v) is 9.67. The molecular formula is C20H29N3O3. The van der Waals surface area contributed by atoms with Gasteiger partial charge in [0.1, 0.15) is 0 Å². The van der Waals surface area contributed by atoms with E-state index in [4.69, 9.17) is 10.8 Å². The fourth-order valence-corrected chi connectivity index (χ4v) is 4.09. The Morgan fingerprint density at radius 1 is 1.19 bits per heavy atom. The minimum Gasteiger partial charge on any atom is -0.481 e. The first-order valence-electron chi connectivity index (χ1n) is 9.67. The van der Waals surface area contributed by atoms with Crippen LogP contribution < -0.4 is 10.6 Å². The van der Waals surface area contributed by atoms with Crippen molar-refractivity contribution in [2.75, 3.05) is 24.5 Å². The number of aryl methyl sites for hydroxylation is 1. The number of nitrogens with zero attached hydrogens (tertiary/aromatic N) is 2. The minimum absolute atomic E-state index is 0.0685. The summed E-state index contributed by atoms with van der Waals surface area (Å²) >= 11 is 0. The van der Waals surface area contributed by atoms with Crippen LogP contribution in [0.4, 0.5) is 10.5 Å². The van der Waals surface area contributed by atoms with E-state index in [2.05, 4.69) is 0 Å². The summed E-state index contributed by atoms with van der Waals surface area (Å²) in [7, 11) is 0. The third-order valence-corrected chi connectivity index (χ3v) is 5.69. The lowest BCUT2D eigenvalue weighted by molar-refractivity contribution is -0.136. The Morgan fingerprint density at radius 2 is 1.96 bits per heavy atom. The summed E-state index contributed by atoms with van der Waals surface area (Å²) < 4.78 is 0. The zero-order valence-corrected chi connectivity index (χ0v) is 15.3. The topological polar surface area (TPSA) is 86.9 Å². The molecule has 1 aromatic carbocycles. The Balaban J connectivity index is 1.48. The number of urea groups is 1. The largest absolute Gasteiger partial charge is 0.481 e. The second kappa shape index (κ2) is 8.54. The molecule has 1 aliphatic carbocycles. The van der Waals surface area contributed by atoms with Crippen LogP contribution in [0.25, 0.3) is 0 Å². The van der Waals surface area contributed by atoms with Crippen LogP contribution in [0.2, 0.25) is 0 Å². The van der Waals surface area contributed by atoms with E-state index >= 15 is 0 Å². The summed E-state index contributed by atoms with van der Waals surface area (Å²) in [5, 5.41) is 8.76. The maximum Gasteiger partial charge on any atom is 0.324 e. The number of hydrogen-bond acceptors (Lipinski definition) is 3. The summed E-state index contributed by atoms with van der Waals surface area (Å²) in [5.41, 5.74) is 7.99. The molecule has 6 heteroatoms. The Labute approximate surface area is 155 Å². The van der Waals surface area contributed by atoms with E-state index < -0.39 is 5.97 Å². The molecule has 26 heavy (non-hydrogen) atoms. The Morgan fingerprint density at radius 3 is 2.62 bits per heavy atom. The molecule has 2 fully saturated rings. The first kappa shape index (κ1) is 18.7. The van der Waals surface area contributed by atoms with Crippen LogP contribution in [-0.4, -0.2) is 47.7 Å². The van der Waals surface area contributed by atoms with Gasteiger partial charge in [0.2, 0.25) is 0 Å². The van der Waals surface area contributed by atoms with Crippen molar-refractivity contribution >= 4 is 17.7 Å². The minimum atomic E-state index is -0.794. The molecule has 3 N–H and O–H groups in total. The zero-order chi connectivity index (χ0) is 18.5. The van der Waals surface area contributed by atoms with E-state index in [1.165, 1.54) is 12.8 Å². The van der Waals surface area contributed by atoms with Gasteiger partial charge >= 0.3 is 12.0 Å². The summed E-state index contributed by atoms with van der Waals surface area (Å²) in [5.74, 6) is -0.167. The number of carboxylic acids is 1. The number of carbonyl (C=O) groups is 2. The molecule has 1 saturated carbocycles. The Hall–Kier alpha value is -2.08. The number of anilines is 1. The number of rotatable bonds is 8. The molecule has 0 spiro atoms. The van der Waals surface area contributed by atoms with E-state index in [1.807, 2.05) is 34.1 Å². The summed E-state index contributed by atoms with van der Waals surface area (Å²) in [6.07, 6.45) is 6.39. The van der Waals surface area contributed by atoms with Gasteiger partial charge in [-0.2, -0.15) is 0 Å². The predicted molar refractivity (Wildman–Crippen MR) is 101 cm³/mol. The number of carboxylic acid groups (broad SMARTS) is 1. The average Bonchev–Trinajstić information content (AvgIpc) is 3.20. The van der Waals surface area contributed by atoms with E-state index in [-0.39, 0.29) is 12.5 Å². The standard InChI is InChI=1S/C20H29N3O3/c21-18-5-1-3-16(18)4-2-12-22-13-14-23(20(22)26)17-9-6-15(7-10-17)8-11-19(24)25/h6-7,9-10,16,18H,1-5,8,11-14,21H2,(H,24,25)/t16-,18-/m1/s1. The maximum atomic E-state index is 12.6. The predicted octanol–water partition coefficient (Wildman–Crippen LogP) is 2.85. The van der Waals surface area contributed by atoms with Gasteiger partial charge in [-0.25, -0.2) is 4.79 Å². The molecule has 2 amide bonds. The van der Waals surface area contributed by atoms with Gasteiger partial charge in [-0.3, -0.25) is 9.69 Å². The van der Waals surface area contributed by atoms with Crippen molar-refractivity contribution in [1.82, 2.24) is 4.90 Å². The fraction of sp³-hybridized carbons (Fsp3) is 0.600. The summed E-state index contributed by atoms with van der Waals surface area (Å²) in [6.45, 7) is 2.27. The van der Waals surface area contributed by atoms with Crippen LogP contribution in [0.15, 0.2) is 24.3 Å². The maximum absolute atomic E-state index is 12.6. The quantitative estimate of drug-likeness (QED) is 0.747. The van der Waals surface area contributed by atoms with E-state index in [0.29, 0.717) is 24.9 Å². The highest BCUT2D eigenvalue weighted by Crippen LogP contribution is 2.28. The van der Waals surface area contributed by atoms with Gasteiger partial charge < -0.3 is 15.7 Å². The van der Waals surface area contributed by atoms with Crippen molar-refractivity contribution < 1.29 is 14.7 Å². The monoisotopic (exact) mass is 359 g/mol. The molecule has 0 aromatic heterocycles. The zero-order valence-electron chi connectivity index (χ0n) is 15.3. The van der Waals surface area contributed by atoms with Crippen molar-refractivity contribution in [3.63, 3.8) is 0 Å². The second-order valence-corrected chi connectivity index (χ2v) is 7.48. The molecule has 2 aliphatic rings. The lowest BCUT2D eigenvalue weighted by atomic mass is 9.98. The molecule has 0 radical (unpaired) electrons. The van der Waals surface area contributed by atoms with Gasteiger partial charge in [-0.15, -0.1) is 0 Å². The van der Waals surface area contributed by atoms with Crippen molar-refractivity contribution in [1.29, 1.82) is 0 Å². The van der Waals surface area contributed by atoms with E-state index in [9.17, 15) is 9.59 Å². The molecule has 6 nitrogen and oxygen atoms in total. The number of carbonyl (C=O) groups excluding carboxylic acids is 1. The smallest absolute Gasteiger partial charge is 0.324 e. The van der Waals surface area contributed by atoms with Crippen LogP contribution in [0.3, 0.4) is 0 Å². The molecule has 3 rings (SSSR count). The van der Waals surface area contributed by atoms with Gasteiger partial charge in [0.05, 0.1) is 0 Å². The number of nitrogens with two attached hydrogens (primary N) is 1. The molecular weight excluding hydrogens is 330 g/mol. The van der Waals surface area contributed by atoms with Gasteiger partial charge in [0.25, 0.3) is 0 Å². The summed E-state index contributed by atoms with van der Waals surface area (Å²) in [6, 6.07) is 8.07. The fourth-order valence-electron chi connectivity index (χ4n) is 4.09. The van der Waals surface area contributed by atoms with E-state index in [0.717, 1.165) is 43.6 Å². The van der Waals surface area contributed by atoms with Gasteiger partial charge in [0, 0.05) is 37.8 Å². The number of amides is 2. The van der Waals surface area contributed by atoms with Crippen molar-refractivity contribution in [2.45, 2.75) is 51.0 Å². The molecule has 0 bridgehead atoms. The molecule has 1 aliphatic heterocycles. The normalized spacial score (nSPS) is 23.0. The summed E-state index contributed by atoms with van der Waals surface area (Å²) in [4.78, 5) is 27.0. The average molecular weight is 359 g/mol. The van der Waals surface area contributed by atoms with Gasteiger partial charge in [-0.05, 0) is 55.7 Å². The van der Waals surface area contributed by atoms with Gasteiger partial charge in [0.15, 0.2) is 0 Å². The molecule has 2 atom stereocenters. The van der Waals surface area contributed by atoms with Gasteiger partial charge in [-0.1, -0.05) is 18.6 Å². The molecule has 142 valence electrons. The van der Waals surface area contributed by atoms with Crippen molar-refractivity contribution in [3.05, 3.63) is 29.8 Å². The number of benzene rings is 1. The highest BCUT2D eigenvalue weighted by Gasteiger charge is 2.30. The molecule has 1 aromatic rings. The lowest BCUT2D eigenvalue weighted by Crippen LogP contribution is -2.33. The molecule has 1 heterocycles.